The molecule has 7 N–H and O–H groups in total. The number of pyridine rings is 1. The molecule has 2 aliphatic carbocycles. The van der Waals surface area contributed by atoms with Gasteiger partial charge in [-0.2, -0.15) is 10.4 Å². The van der Waals surface area contributed by atoms with Gasteiger partial charge in [-0.1, -0.05) is 65.7 Å². The number of hydrogen-bond acceptors (Lipinski definition) is 7. The number of aromatic nitrogens is 2. The number of likely N-dealkylation sites (tertiary alicyclic amines) is 1. The Bertz CT molecular complexity index is 2250. The van der Waals surface area contributed by atoms with Gasteiger partial charge >= 0.3 is 0 Å². The number of nitriles is 1. The average molecular weight is 783 g/mol. The van der Waals surface area contributed by atoms with Gasteiger partial charge < -0.3 is 20.9 Å². The maximum absolute atomic E-state index is 16.3. The Balaban J connectivity index is 0.000000210. The van der Waals surface area contributed by atoms with Crippen molar-refractivity contribution in [3.63, 3.8) is 0 Å². The Hall–Kier alpha value is -4.73. The van der Waals surface area contributed by atoms with Crippen LogP contribution < -0.4 is 22.4 Å². The number of carbonyl (C=O) groups is 1. The van der Waals surface area contributed by atoms with Gasteiger partial charge in [-0.25, -0.2) is 20.8 Å². The fourth-order valence-electron chi connectivity index (χ4n) is 8.00. The smallest absolute Gasteiger partial charge is 0.226 e. The van der Waals surface area contributed by atoms with Gasteiger partial charge in [-0.05, 0) is 93.7 Å². The zero-order valence-corrected chi connectivity index (χ0v) is 32.4. The molecule has 5 aliphatic rings. The number of hydrazone groups is 1. The first kappa shape index (κ1) is 38.5. The van der Waals surface area contributed by atoms with E-state index in [9.17, 15) is 10.1 Å². The molecule has 1 amide bonds. The molecular weight excluding hydrogens is 736 g/mol. The molecule has 3 saturated heterocycles. The van der Waals surface area contributed by atoms with E-state index in [-0.39, 0.29) is 34.8 Å². The van der Waals surface area contributed by atoms with Crippen LogP contribution in [0, 0.1) is 35.9 Å². The number of fused-ring (bicyclic) bond motifs is 4. The SMILES string of the molecule is C1NC2CC1C2.Cc1nc2c(F)c(-c3cccc(Cl)c3Cl)c(CCC#N)cc2c2[nH]c(C3CCCN3C(=O)C3CC3)cc12.NN/N=C(\N)Cc1ccccc1. The molecular formula is C42H46Cl2FN9O. The number of halogens is 3. The molecule has 10 nitrogen and oxygen atoms in total. The van der Waals surface area contributed by atoms with Crippen LogP contribution in [0.5, 0.6) is 0 Å². The molecule has 13 heteroatoms. The molecule has 0 radical (unpaired) electrons. The van der Waals surface area contributed by atoms with Gasteiger partial charge in [0, 0.05) is 64.6 Å². The fraction of sp³-hybridized carbons (Fsp3) is 0.381. The van der Waals surface area contributed by atoms with Crippen LogP contribution in [-0.2, 0) is 17.6 Å². The first-order valence-electron chi connectivity index (χ1n) is 19.0. The number of nitrogens with one attached hydrogen (secondary N) is 3. The van der Waals surface area contributed by atoms with Crippen LogP contribution in [0.1, 0.15) is 73.5 Å². The van der Waals surface area contributed by atoms with E-state index >= 15 is 4.39 Å². The lowest BCUT2D eigenvalue weighted by atomic mass is 9.87. The van der Waals surface area contributed by atoms with Crippen LogP contribution in [0.4, 0.5) is 4.39 Å². The molecule has 0 spiro atoms. The van der Waals surface area contributed by atoms with Crippen LogP contribution in [0.25, 0.3) is 32.9 Å². The van der Waals surface area contributed by atoms with E-state index in [0.717, 1.165) is 66.3 Å². The molecule has 2 bridgehead atoms. The number of aryl methyl sites for hydroxylation is 2. The van der Waals surface area contributed by atoms with Crippen LogP contribution in [0.2, 0.25) is 10.0 Å². The number of aromatic amines is 1. The third kappa shape index (κ3) is 8.43. The topological polar surface area (TPSA) is 161 Å². The molecule has 3 aliphatic heterocycles. The number of amidine groups is 1. The summed E-state index contributed by atoms with van der Waals surface area (Å²) in [7, 11) is 0. The summed E-state index contributed by atoms with van der Waals surface area (Å²) in [5.41, 5.74) is 13.0. The minimum absolute atomic E-state index is 0.0117. The summed E-state index contributed by atoms with van der Waals surface area (Å²) in [4.78, 5) is 23.1. The normalized spacial score (nSPS) is 20.0. The zero-order chi connectivity index (χ0) is 38.6. The Morgan fingerprint density at radius 3 is 2.55 bits per heavy atom. The quantitative estimate of drug-likeness (QED) is 0.0461. The van der Waals surface area contributed by atoms with Crippen molar-refractivity contribution in [3.05, 3.63) is 99.0 Å². The Morgan fingerprint density at radius 2 is 1.89 bits per heavy atom. The maximum Gasteiger partial charge on any atom is 0.226 e. The van der Waals surface area contributed by atoms with Crippen molar-refractivity contribution in [1.82, 2.24) is 25.7 Å². The highest BCUT2D eigenvalue weighted by atomic mass is 35.5. The van der Waals surface area contributed by atoms with E-state index in [0.29, 0.717) is 51.5 Å². The number of nitrogens with zero attached hydrogens (tertiary/aromatic N) is 4. The summed E-state index contributed by atoms with van der Waals surface area (Å²) in [6.45, 7) is 3.95. The Labute approximate surface area is 330 Å². The van der Waals surface area contributed by atoms with Crippen LogP contribution >= 0.6 is 23.2 Å². The number of carbonyl (C=O) groups excluding carboxylic acids is 1. The summed E-state index contributed by atoms with van der Waals surface area (Å²) < 4.78 is 16.3. The van der Waals surface area contributed by atoms with Gasteiger partial charge in [0.1, 0.15) is 11.4 Å². The number of rotatable bonds is 8. The van der Waals surface area contributed by atoms with E-state index in [2.05, 4.69) is 38.1 Å². The summed E-state index contributed by atoms with van der Waals surface area (Å²) in [5.74, 6) is 6.45. The minimum Gasteiger partial charge on any atom is -0.385 e. The largest absolute Gasteiger partial charge is 0.385 e. The molecule has 1 unspecified atom stereocenters. The van der Waals surface area contributed by atoms with E-state index in [4.69, 9.17) is 34.8 Å². The number of benzene rings is 3. The number of H-pyrrole nitrogens is 1. The summed E-state index contributed by atoms with van der Waals surface area (Å²) in [6, 6.07) is 22.0. The van der Waals surface area contributed by atoms with Crippen molar-refractivity contribution < 1.29 is 9.18 Å². The number of amides is 1. The Morgan fingerprint density at radius 1 is 1.11 bits per heavy atom. The molecule has 55 heavy (non-hydrogen) atoms. The van der Waals surface area contributed by atoms with Crippen LogP contribution in [-0.4, -0.2) is 45.7 Å². The zero-order valence-electron chi connectivity index (χ0n) is 30.8. The standard InChI is InChI=1S/C29H25Cl2FN4O.C8H12N4.C5H9N/c1-15-19-14-22(23-8-4-12-36(23)29(37)16-9-10-16)35-27(19)20-13-17(5-3-11-33)24(26(32)28(20)34-15)18-6-2-7-21(30)25(18)31;9-8(11-12-10)6-7-4-2-1-3-5-7;1-4-2-5(1)6-3-4/h2,6-7,13-14,16,23,35H,3-5,8-10,12H2,1H3;1-5,12H,6,10H2,(H2,9,11);4-6H,1-3H2. The third-order valence-electron chi connectivity index (χ3n) is 11.0. The van der Waals surface area contributed by atoms with Crippen LogP contribution in [0.3, 0.4) is 0 Å². The van der Waals surface area contributed by atoms with Crippen molar-refractivity contribution in [2.24, 2.45) is 28.5 Å². The highest BCUT2D eigenvalue weighted by molar-refractivity contribution is 6.43. The highest BCUT2D eigenvalue weighted by Crippen LogP contribution is 2.43. The van der Waals surface area contributed by atoms with Gasteiger partial charge in [-0.15, -0.1) is 0 Å². The lowest BCUT2D eigenvalue weighted by molar-refractivity contribution is -0.133. The number of hydrazine groups is 1. The van der Waals surface area contributed by atoms with E-state index in [1.165, 1.54) is 19.4 Å². The van der Waals surface area contributed by atoms with Gasteiger partial charge in [0.15, 0.2) is 5.82 Å². The second-order valence-corrected chi connectivity index (χ2v) is 15.7. The monoisotopic (exact) mass is 781 g/mol. The van der Waals surface area contributed by atoms with Crippen molar-refractivity contribution in [1.29, 1.82) is 5.26 Å². The Kier molecular flexibility index (Phi) is 11.9. The maximum atomic E-state index is 16.3. The van der Waals surface area contributed by atoms with Crippen molar-refractivity contribution in [2.45, 2.75) is 76.8 Å². The first-order chi connectivity index (χ1) is 26.7. The molecule has 5 fully saturated rings. The molecule has 2 saturated carbocycles. The van der Waals surface area contributed by atoms with Crippen LogP contribution in [0.15, 0.2) is 65.8 Å². The molecule has 5 heterocycles. The molecule has 3 aromatic carbocycles. The molecule has 2 aromatic heterocycles. The third-order valence-corrected chi connectivity index (χ3v) is 11.8. The fourth-order valence-corrected chi connectivity index (χ4v) is 8.39. The van der Waals surface area contributed by atoms with Crippen molar-refractivity contribution >= 4 is 56.8 Å². The van der Waals surface area contributed by atoms with Gasteiger partial charge in [0.25, 0.3) is 0 Å². The van der Waals surface area contributed by atoms with Crippen molar-refractivity contribution in [2.75, 3.05) is 13.1 Å². The van der Waals surface area contributed by atoms with E-state index in [1.807, 2.05) is 48.2 Å². The predicted molar refractivity (Wildman–Crippen MR) is 218 cm³/mol. The number of hydrogen-bond donors (Lipinski definition) is 5. The average Bonchev–Trinajstić information content (AvgIpc) is 3.56. The van der Waals surface area contributed by atoms with E-state index in [1.54, 1.807) is 18.2 Å². The number of nitrogens with two attached hydrogens (primary N) is 2. The summed E-state index contributed by atoms with van der Waals surface area (Å²) >= 11 is 12.8. The summed E-state index contributed by atoms with van der Waals surface area (Å²) in [5, 5.41) is 18.5. The second-order valence-electron chi connectivity index (χ2n) is 14.9. The molecule has 1 atom stereocenters. The lowest BCUT2D eigenvalue weighted by Gasteiger charge is -2.24. The predicted octanol–water partition coefficient (Wildman–Crippen LogP) is 8.00. The summed E-state index contributed by atoms with van der Waals surface area (Å²) in [6.07, 6.45) is 7.97. The highest BCUT2D eigenvalue weighted by Gasteiger charge is 2.39. The van der Waals surface area contributed by atoms with Crippen molar-refractivity contribution in [3.8, 4) is 17.2 Å². The first-order valence-corrected chi connectivity index (χ1v) is 19.7. The molecule has 5 aromatic rings. The van der Waals surface area contributed by atoms with Gasteiger partial charge in [0.05, 0.1) is 27.7 Å². The lowest BCUT2D eigenvalue weighted by Crippen LogP contribution is -2.31. The minimum atomic E-state index is -0.484. The molecule has 286 valence electrons. The van der Waals surface area contributed by atoms with E-state index < -0.39 is 5.82 Å². The van der Waals surface area contributed by atoms with Gasteiger partial charge in [-0.3, -0.25) is 4.79 Å². The second kappa shape index (κ2) is 17.0. The molecule has 10 rings (SSSR count). The van der Waals surface area contributed by atoms with Gasteiger partial charge in [0.2, 0.25) is 5.91 Å².